The van der Waals surface area contributed by atoms with E-state index in [9.17, 15) is 9.59 Å². The van der Waals surface area contributed by atoms with Crippen molar-refractivity contribution in [3.63, 3.8) is 0 Å². The number of carbonyl (C=O) groups excluding carboxylic acids is 2. The zero-order valence-electron chi connectivity index (χ0n) is 8.73. The van der Waals surface area contributed by atoms with Crippen LogP contribution in [0.2, 0.25) is 0 Å². The standard InChI is InChI=1S/C11H11N3O2/c1-13-11(16)10(14-9(15)7-12)8-5-3-2-4-6-8/h2-6,10H,1H3,(H,13,16)(H,14,15)/t10-/m1/s1. The quantitative estimate of drug-likeness (QED) is 0.705. The van der Waals surface area contributed by atoms with Crippen LogP contribution in [-0.2, 0) is 9.59 Å². The molecular formula is C11H11N3O2. The van der Waals surface area contributed by atoms with Crippen LogP contribution in [0.15, 0.2) is 30.3 Å². The first-order valence-electron chi connectivity index (χ1n) is 4.66. The maximum atomic E-state index is 11.5. The van der Waals surface area contributed by atoms with Crippen molar-refractivity contribution in [2.24, 2.45) is 0 Å². The van der Waals surface area contributed by atoms with Gasteiger partial charge in [-0.15, -0.1) is 0 Å². The highest BCUT2D eigenvalue weighted by atomic mass is 16.2. The molecule has 1 aromatic rings. The number of amides is 2. The Morgan fingerprint density at radius 3 is 2.44 bits per heavy atom. The number of benzene rings is 1. The Morgan fingerprint density at radius 2 is 1.94 bits per heavy atom. The van der Waals surface area contributed by atoms with Crippen molar-refractivity contribution in [3.8, 4) is 6.07 Å². The summed E-state index contributed by atoms with van der Waals surface area (Å²) in [6.07, 6.45) is 0. The molecule has 0 fully saturated rings. The molecule has 0 bridgehead atoms. The summed E-state index contributed by atoms with van der Waals surface area (Å²) in [4.78, 5) is 22.5. The Labute approximate surface area is 93.1 Å². The van der Waals surface area contributed by atoms with E-state index in [1.165, 1.54) is 13.1 Å². The van der Waals surface area contributed by atoms with E-state index in [2.05, 4.69) is 10.6 Å². The van der Waals surface area contributed by atoms with E-state index in [1.54, 1.807) is 30.3 Å². The highest BCUT2D eigenvalue weighted by Gasteiger charge is 2.20. The minimum absolute atomic E-state index is 0.366. The lowest BCUT2D eigenvalue weighted by Crippen LogP contribution is -2.38. The number of nitrogens with one attached hydrogen (secondary N) is 2. The second-order valence-electron chi connectivity index (χ2n) is 3.04. The van der Waals surface area contributed by atoms with Gasteiger partial charge in [-0.25, -0.2) is 0 Å². The van der Waals surface area contributed by atoms with E-state index in [0.29, 0.717) is 5.56 Å². The second kappa shape index (κ2) is 5.51. The molecule has 0 spiro atoms. The Morgan fingerprint density at radius 1 is 1.31 bits per heavy atom. The van der Waals surface area contributed by atoms with Gasteiger partial charge in [0.15, 0.2) is 6.07 Å². The third-order valence-electron chi connectivity index (χ3n) is 2.02. The van der Waals surface area contributed by atoms with Gasteiger partial charge in [0.1, 0.15) is 6.04 Å². The van der Waals surface area contributed by atoms with Crippen molar-refractivity contribution in [1.29, 1.82) is 5.26 Å². The van der Waals surface area contributed by atoms with Crippen molar-refractivity contribution < 1.29 is 9.59 Å². The van der Waals surface area contributed by atoms with Crippen LogP contribution in [0.3, 0.4) is 0 Å². The van der Waals surface area contributed by atoms with Crippen LogP contribution in [0.1, 0.15) is 11.6 Å². The molecule has 5 heteroatoms. The maximum absolute atomic E-state index is 11.5. The predicted molar refractivity (Wildman–Crippen MR) is 57.0 cm³/mol. The summed E-state index contributed by atoms with van der Waals surface area (Å²) in [6, 6.07) is 9.30. The first-order valence-corrected chi connectivity index (χ1v) is 4.66. The molecule has 0 aromatic heterocycles. The van der Waals surface area contributed by atoms with Crippen molar-refractivity contribution in [2.75, 3.05) is 7.05 Å². The molecule has 2 amide bonds. The van der Waals surface area contributed by atoms with Gasteiger partial charge in [-0.1, -0.05) is 30.3 Å². The summed E-state index contributed by atoms with van der Waals surface area (Å²) in [5.74, 6) is -1.20. The summed E-state index contributed by atoms with van der Waals surface area (Å²) in [7, 11) is 1.47. The van der Waals surface area contributed by atoms with Crippen LogP contribution < -0.4 is 10.6 Å². The van der Waals surface area contributed by atoms with Crippen molar-refractivity contribution in [2.45, 2.75) is 6.04 Å². The fourth-order valence-electron chi connectivity index (χ4n) is 1.25. The predicted octanol–water partition coefficient (Wildman–Crippen LogP) is 0.113. The van der Waals surface area contributed by atoms with Crippen LogP contribution in [0, 0.1) is 11.3 Å². The largest absolute Gasteiger partial charge is 0.357 e. The second-order valence-corrected chi connectivity index (χ2v) is 3.04. The zero-order valence-corrected chi connectivity index (χ0v) is 8.73. The highest BCUT2D eigenvalue weighted by molar-refractivity contribution is 5.95. The van der Waals surface area contributed by atoms with Gasteiger partial charge in [0.2, 0.25) is 5.91 Å². The maximum Gasteiger partial charge on any atom is 0.323 e. The molecule has 1 rings (SSSR count). The lowest BCUT2D eigenvalue weighted by Gasteiger charge is -2.15. The third kappa shape index (κ3) is 2.82. The normalized spacial score (nSPS) is 11.0. The Balaban J connectivity index is 2.93. The summed E-state index contributed by atoms with van der Waals surface area (Å²) < 4.78 is 0. The Hall–Kier alpha value is -2.35. The van der Waals surface area contributed by atoms with E-state index in [1.807, 2.05) is 0 Å². The van der Waals surface area contributed by atoms with Crippen molar-refractivity contribution in [3.05, 3.63) is 35.9 Å². The fraction of sp³-hybridized carbons (Fsp3) is 0.182. The number of nitriles is 1. The summed E-state index contributed by atoms with van der Waals surface area (Å²) in [6.45, 7) is 0. The van der Waals surface area contributed by atoms with Crippen LogP contribution >= 0.6 is 0 Å². The minimum atomic E-state index is -0.836. The first kappa shape index (κ1) is 11.7. The van der Waals surface area contributed by atoms with Gasteiger partial charge < -0.3 is 10.6 Å². The molecule has 0 aliphatic heterocycles. The van der Waals surface area contributed by atoms with Crippen LogP contribution in [-0.4, -0.2) is 18.9 Å². The average molecular weight is 217 g/mol. The molecular weight excluding hydrogens is 206 g/mol. The molecule has 1 aromatic carbocycles. The molecule has 0 unspecified atom stereocenters. The molecule has 0 radical (unpaired) electrons. The third-order valence-corrected chi connectivity index (χ3v) is 2.02. The molecule has 0 heterocycles. The summed E-state index contributed by atoms with van der Waals surface area (Å²) in [5.41, 5.74) is 0.630. The van der Waals surface area contributed by atoms with Gasteiger partial charge in [0, 0.05) is 7.05 Å². The number of rotatable bonds is 3. The number of nitrogens with zero attached hydrogens (tertiary/aromatic N) is 1. The van der Waals surface area contributed by atoms with Crippen molar-refractivity contribution >= 4 is 11.8 Å². The van der Waals surface area contributed by atoms with E-state index >= 15 is 0 Å². The highest BCUT2D eigenvalue weighted by Crippen LogP contribution is 2.12. The lowest BCUT2D eigenvalue weighted by atomic mass is 10.1. The van der Waals surface area contributed by atoms with E-state index < -0.39 is 11.9 Å². The monoisotopic (exact) mass is 217 g/mol. The molecule has 0 aliphatic rings. The van der Waals surface area contributed by atoms with E-state index in [4.69, 9.17) is 5.26 Å². The number of likely N-dealkylation sites (N-methyl/N-ethyl adjacent to an activating group) is 1. The average Bonchev–Trinajstić information content (AvgIpc) is 2.35. The lowest BCUT2D eigenvalue weighted by molar-refractivity contribution is -0.126. The Bertz CT molecular complexity index is 423. The number of carbonyl (C=O) groups is 2. The summed E-state index contributed by atoms with van der Waals surface area (Å²) >= 11 is 0. The van der Waals surface area contributed by atoms with Gasteiger partial charge in [0.05, 0.1) is 0 Å². The van der Waals surface area contributed by atoms with Crippen LogP contribution in [0.25, 0.3) is 0 Å². The smallest absolute Gasteiger partial charge is 0.323 e. The molecule has 0 aliphatic carbocycles. The molecule has 0 saturated heterocycles. The molecule has 0 saturated carbocycles. The number of hydrogen-bond acceptors (Lipinski definition) is 3. The Kier molecular flexibility index (Phi) is 4.04. The zero-order chi connectivity index (χ0) is 12.0. The first-order chi connectivity index (χ1) is 7.69. The van der Waals surface area contributed by atoms with E-state index in [0.717, 1.165) is 0 Å². The molecule has 16 heavy (non-hydrogen) atoms. The SMILES string of the molecule is CNC(=O)[C@H](NC(=O)C#N)c1ccccc1. The van der Waals surface area contributed by atoms with Gasteiger partial charge in [-0.3, -0.25) is 9.59 Å². The van der Waals surface area contributed by atoms with Gasteiger partial charge in [-0.2, -0.15) is 5.26 Å². The molecule has 5 nitrogen and oxygen atoms in total. The molecule has 1 atom stereocenters. The van der Waals surface area contributed by atoms with Gasteiger partial charge >= 0.3 is 5.91 Å². The van der Waals surface area contributed by atoms with E-state index in [-0.39, 0.29) is 5.91 Å². The van der Waals surface area contributed by atoms with Gasteiger partial charge in [0.25, 0.3) is 0 Å². The molecule has 82 valence electrons. The number of hydrogen-bond donors (Lipinski definition) is 2. The van der Waals surface area contributed by atoms with Crippen molar-refractivity contribution in [1.82, 2.24) is 10.6 Å². The van der Waals surface area contributed by atoms with Gasteiger partial charge in [-0.05, 0) is 5.56 Å². The summed E-state index contributed by atoms with van der Waals surface area (Å²) in [5, 5.41) is 13.1. The molecule has 2 N–H and O–H groups in total. The minimum Gasteiger partial charge on any atom is -0.357 e. The van der Waals surface area contributed by atoms with Crippen LogP contribution in [0.4, 0.5) is 0 Å². The topological polar surface area (TPSA) is 82.0 Å². The fourth-order valence-corrected chi connectivity index (χ4v) is 1.25. The van der Waals surface area contributed by atoms with Crippen LogP contribution in [0.5, 0.6) is 0 Å².